The highest BCUT2D eigenvalue weighted by Crippen LogP contribution is 2.50. The Balaban J connectivity index is 1.40. The van der Waals surface area contributed by atoms with Gasteiger partial charge in [0.1, 0.15) is 0 Å². The van der Waals surface area contributed by atoms with Crippen LogP contribution >= 0.6 is 0 Å². The molecule has 1 aliphatic heterocycles. The zero-order valence-electron chi connectivity index (χ0n) is 11.7. The van der Waals surface area contributed by atoms with Crippen molar-refractivity contribution in [2.75, 3.05) is 6.54 Å². The van der Waals surface area contributed by atoms with Crippen molar-refractivity contribution < 1.29 is 9.59 Å². The van der Waals surface area contributed by atoms with Crippen molar-refractivity contribution in [1.82, 2.24) is 4.90 Å². The molecule has 3 heteroatoms. The van der Waals surface area contributed by atoms with E-state index < -0.39 is 0 Å². The van der Waals surface area contributed by atoms with Crippen molar-refractivity contribution >= 4 is 11.8 Å². The van der Waals surface area contributed by atoms with Gasteiger partial charge in [0.15, 0.2) is 0 Å². The van der Waals surface area contributed by atoms with Crippen LogP contribution in [0.25, 0.3) is 0 Å². The third-order valence-electron chi connectivity index (χ3n) is 5.10. The maximum absolute atomic E-state index is 11.9. The van der Waals surface area contributed by atoms with Crippen LogP contribution in [0.15, 0.2) is 23.3 Å². The molecule has 2 aliphatic carbocycles. The van der Waals surface area contributed by atoms with Gasteiger partial charge in [0.2, 0.25) is 0 Å². The Kier molecular flexibility index (Phi) is 3.08. The van der Waals surface area contributed by atoms with Crippen molar-refractivity contribution in [3.05, 3.63) is 23.3 Å². The van der Waals surface area contributed by atoms with E-state index in [1.54, 1.807) is 13.8 Å². The van der Waals surface area contributed by atoms with Crippen molar-refractivity contribution in [2.24, 2.45) is 17.8 Å². The Morgan fingerprint density at radius 2 is 1.79 bits per heavy atom. The summed E-state index contributed by atoms with van der Waals surface area (Å²) in [4.78, 5) is 25.1. The minimum Gasteiger partial charge on any atom is -0.275 e. The lowest BCUT2D eigenvalue weighted by Crippen LogP contribution is -2.39. The quantitative estimate of drug-likeness (QED) is 0.432. The lowest BCUT2D eigenvalue weighted by atomic mass is 9.57. The van der Waals surface area contributed by atoms with E-state index in [1.165, 1.54) is 17.7 Å². The molecule has 1 fully saturated rings. The lowest BCUT2D eigenvalue weighted by Gasteiger charge is -2.48. The highest BCUT2D eigenvalue weighted by molar-refractivity contribution is 6.18. The Morgan fingerprint density at radius 3 is 2.26 bits per heavy atom. The molecule has 2 amide bonds. The van der Waals surface area contributed by atoms with Crippen LogP contribution in [0.4, 0.5) is 0 Å². The number of imide groups is 1. The van der Waals surface area contributed by atoms with E-state index in [0.29, 0.717) is 17.7 Å². The summed E-state index contributed by atoms with van der Waals surface area (Å²) in [6.07, 6.45) is 9.31. The van der Waals surface area contributed by atoms with Crippen molar-refractivity contribution in [3.8, 4) is 0 Å². The normalized spacial score (nSPS) is 32.5. The third-order valence-corrected chi connectivity index (χ3v) is 5.10. The second kappa shape index (κ2) is 4.62. The number of fused-ring (bicyclic) bond motifs is 1. The number of unbranched alkanes of at least 4 members (excludes halogenated alkanes) is 1. The van der Waals surface area contributed by atoms with Crippen LogP contribution in [0.1, 0.15) is 39.5 Å². The van der Waals surface area contributed by atoms with E-state index >= 15 is 0 Å². The predicted molar refractivity (Wildman–Crippen MR) is 73.2 cm³/mol. The Bertz CT molecular complexity index is 465. The molecular formula is C16H21NO2. The van der Waals surface area contributed by atoms with Gasteiger partial charge in [-0.2, -0.15) is 0 Å². The summed E-state index contributed by atoms with van der Waals surface area (Å²) in [5.74, 6) is 2.41. The molecule has 3 rings (SSSR count). The van der Waals surface area contributed by atoms with E-state index in [4.69, 9.17) is 0 Å². The average Bonchev–Trinajstić information content (AvgIpc) is 2.56. The summed E-state index contributed by atoms with van der Waals surface area (Å²) < 4.78 is 0. The first-order valence-electron chi connectivity index (χ1n) is 7.31. The molecule has 1 saturated carbocycles. The van der Waals surface area contributed by atoms with Crippen LogP contribution in [-0.4, -0.2) is 23.3 Å². The monoisotopic (exact) mass is 259 g/mol. The van der Waals surface area contributed by atoms with Crippen LogP contribution in [0.5, 0.6) is 0 Å². The molecular weight excluding hydrogens is 238 g/mol. The number of hydrogen-bond donors (Lipinski definition) is 0. The molecule has 102 valence electrons. The van der Waals surface area contributed by atoms with Crippen LogP contribution < -0.4 is 0 Å². The smallest absolute Gasteiger partial charge is 0.256 e. The van der Waals surface area contributed by atoms with Gasteiger partial charge in [0.25, 0.3) is 11.8 Å². The van der Waals surface area contributed by atoms with Crippen LogP contribution in [-0.2, 0) is 9.59 Å². The van der Waals surface area contributed by atoms with Gasteiger partial charge in [-0.05, 0) is 50.9 Å². The van der Waals surface area contributed by atoms with E-state index in [9.17, 15) is 9.59 Å². The molecule has 1 heterocycles. The van der Waals surface area contributed by atoms with Crippen LogP contribution in [0, 0.1) is 17.8 Å². The van der Waals surface area contributed by atoms with Gasteiger partial charge in [-0.3, -0.25) is 14.5 Å². The van der Waals surface area contributed by atoms with Gasteiger partial charge < -0.3 is 0 Å². The summed E-state index contributed by atoms with van der Waals surface area (Å²) in [6.45, 7) is 4.07. The Labute approximate surface area is 114 Å². The number of allylic oxidation sites excluding steroid dienone is 2. The van der Waals surface area contributed by atoms with Gasteiger partial charge in [-0.25, -0.2) is 0 Å². The molecule has 0 N–H and O–H groups in total. The molecule has 3 nitrogen and oxygen atoms in total. The number of hydrogen-bond acceptors (Lipinski definition) is 2. The van der Waals surface area contributed by atoms with E-state index in [2.05, 4.69) is 12.2 Å². The second-order valence-electron chi connectivity index (χ2n) is 6.13. The summed E-state index contributed by atoms with van der Waals surface area (Å²) in [5, 5.41) is 0. The minimum absolute atomic E-state index is 0.0897. The zero-order valence-corrected chi connectivity index (χ0v) is 11.7. The number of rotatable bonds is 5. The molecule has 0 aromatic heterocycles. The number of nitrogens with zero attached hydrogens (tertiary/aromatic N) is 1. The number of carbonyl (C=O) groups is 2. The molecule has 3 atom stereocenters. The average molecular weight is 259 g/mol. The largest absolute Gasteiger partial charge is 0.275 e. The molecule has 0 bridgehead atoms. The summed E-state index contributed by atoms with van der Waals surface area (Å²) >= 11 is 0. The number of amides is 2. The molecule has 3 unspecified atom stereocenters. The van der Waals surface area contributed by atoms with Crippen molar-refractivity contribution in [3.63, 3.8) is 0 Å². The Hall–Kier alpha value is -1.38. The van der Waals surface area contributed by atoms with E-state index in [0.717, 1.165) is 30.6 Å². The van der Waals surface area contributed by atoms with Gasteiger partial charge in [0, 0.05) is 17.7 Å². The second-order valence-corrected chi connectivity index (χ2v) is 6.13. The first-order valence-corrected chi connectivity index (χ1v) is 7.31. The van der Waals surface area contributed by atoms with Crippen LogP contribution in [0.3, 0.4) is 0 Å². The van der Waals surface area contributed by atoms with Crippen LogP contribution in [0.2, 0.25) is 0 Å². The molecule has 19 heavy (non-hydrogen) atoms. The van der Waals surface area contributed by atoms with E-state index in [1.807, 2.05) is 0 Å². The first-order chi connectivity index (χ1) is 9.09. The molecule has 3 aliphatic rings. The predicted octanol–water partition coefficient (Wildman–Crippen LogP) is 2.68. The molecule has 0 aromatic carbocycles. The van der Waals surface area contributed by atoms with Crippen molar-refractivity contribution in [1.29, 1.82) is 0 Å². The van der Waals surface area contributed by atoms with Crippen molar-refractivity contribution in [2.45, 2.75) is 39.5 Å². The molecule has 0 spiro atoms. The fraction of sp³-hybridized carbons (Fsp3) is 0.625. The standard InChI is InChI=1S/C16H21NO2/c1-10-11(2)16(19)17(15(10)18)8-4-3-5-12-9-13-6-7-14(12)13/h6-7,12-14H,3-5,8-9H2,1-2H3. The van der Waals surface area contributed by atoms with Gasteiger partial charge in [0.05, 0.1) is 0 Å². The highest BCUT2D eigenvalue weighted by Gasteiger charge is 2.41. The maximum atomic E-state index is 11.9. The highest BCUT2D eigenvalue weighted by atomic mass is 16.2. The third kappa shape index (κ3) is 1.96. The SMILES string of the molecule is CC1=C(C)C(=O)N(CCCCC2CC3C=CC32)C1=O. The Morgan fingerprint density at radius 1 is 1.11 bits per heavy atom. The first kappa shape index (κ1) is 12.6. The number of carbonyl (C=O) groups excluding carboxylic acids is 2. The summed E-state index contributed by atoms with van der Waals surface area (Å²) in [6, 6.07) is 0. The molecule has 0 aromatic rings. The van der Waals surface area contributed by atoms with Gasteiger partial charge in [-0.1, -0.05) is 18.6 Å². The fourth-order valence-electron chi connectivity index (χ4n) is 3.46. The zero-order chi connectivity index (χ0) is 13.6. The molecule has 0 saturated heterocycles. The van der Waals surface area contributed by atoms with Gasteiger partial charge in [-0.15, -0.1) is 0 Å². The topological polar surface area (TPSA) is 37.4 Å². The fourth-order valence-corrected chi connectivity index (χ4v) is 3.46. The summed E-state index contributed by atoms with van der Waals surface area (Å²) in [5.41, 5.74) is 1.23. The minimum atomic E-state index is -0.0897. The van der Waals surface area contributed by atoms with Gasteiger partial charge >= 0.3 is 0 Å². The molecule has 0 radical (unpaired) electrons. The lowest BCUT2D eigenvalue weighted by molar-refractivity contribution is -0.137. The van der Waals surface area contributed by atoms with E-state index in [-0.39, 0.29) is 11.8 Å². The summed E-state index contributed by atoms with van der Waals surface area (Å²) in [7, 11) is 0. The maximum Gasteiger partial charge on any atom is 0.256 e.